The number of unbranched alkanes of at least 4 members (excludes halogenated alkanes) is 1. The second-order valence-corrected chi connectivity index (χ2v) is 3.36. The quantitative estimate of drug-likeness (QED) is 0.304. The van der Waals surface area contributed by atoms with Gasteiger partial charge in [0.2, 0.25) is 0 Å². The Morgan fingerprint density at radius 1 is 1.44 bits per heavy atom. The highest BCUT2D eigenvalue weighted by molar-refractivity contribution is 14.1. The molecular weight excluding hydrogens is 223 g/mol. The predicted molar refractivity (Wildman–Crippen MR) is 52.2 cm³/mol. The van der Waals surface area contributed by atoms with Gasteiger partial charge in [-0.1, -0.05) is 34.2 Å². The van der Waals surface area contributed by atoms with Gasteiger partial charge in [0.25, 0.3) is 0 Å². The Balaban J connectivity index is 3.07. The highest BCUT2D eigenvalue weighted by Crippen LogP contribution is 2.06. The summed E-state index contributed by atoms with van der Waals surface area (Å²) in [5, 5.41) is 0. The van der Waals surface area contributed by atoms with E-state index in [1.54, 1.807) is 0 Å². The Morgan fingerprint density at radius 3 is 2.56 bits per heavy atom. The van der Waals surface area contributed by atoms with E-state index in [1.807, 2.05) is 0 Å². The molecule has 0 aliphatic rings. The molecule has 0 aromatic carbocycles. The summed E-state index contributed by atoms with van der Waals surface area (Å²) >= 11 is 2.43. The zero-order valence-corrected chi connectivity index (χ0v) is 8.44. The van der Waals surface area contributed by atoms with Crippen molar-refractivity contribution in [2.75, 3.05) is 4.43 Å². The van der Waals surface area contributed by atoms with Crippen LogP contribution in [0.1, 0.15) is 33.1 Å². The molecule has 0 amide bonds. The zero-order chi connectivity index (χ0) is 7.11. The van der Waals surface area contributed by atoms with Gasteiger partial charge in [-0.2, -0.15) is 0 Å². The highest BCUT2D eigenvalue weighted by atomic mass is 127. The Kier molecular flexibility index (Phi) is 6.93. The number of halogens is 1. The van der Waals surface area contributed by atoms with Gasteiger partial charge in [-0.05, 0) is 37.5 Å². The van der Waals surface area contributed by atoms with Crippen LogP contribution in [-0.2, 0) is 0 Å². The summed E-state index contributed by atoms with van der Waals surface area (Å²) in [5.41, 5.74) is 1.53. The maximum atomic E-state index is 2.43. The van der Waals surface area contributed by atoms with E-state index in [4.69, 9.17) is 0 Å². The number of rotatable bonds is 4. The van der Waals surface area contributed by atoms with Crippen molar-refractivity contribution < 1.29 is 0 Å². The zero-order valence-electron chi connectivity index (χ0n) is 6.28. The van der Waals surface area contributed by atoms with Crippen molar-refractivity contribution in [3.05, 3.63) is 11.6 Å². The number of hydrogen-bond donors (Lipinski definition) is 0. The molecule has 0 heterocycles. The van der Waals surface area contributed by atoms with Crippen molar-refractivity contribution in [1.29, 1.82) is 0 Å². The predicted octanol–water partition coefficient (Wildman–Crippen LogP) is 3.56. The lowest BCUT2D eigenvalue weighted by Crippen LogP contribution is -1.78. The largest absolute Gasteiger partial charge is 0.0887 e. The number of allylic oxidation sites excluding steroid dienone is 2. The van der Waals surface area contributed by atoms with Gasteiger partial charge in [0.1, 0.15) is 0 Å². The lowest BCUT2D eigenvalue weighted by atomic mass is 10.1. The van der Waals surface area contributed by atoms with Gasteiger partial charge in [0.15, 0.2) is 0 Å². The molecule has 0 unspecified atom stereocenters. The number of hydrogen-bond acceptors (Lipinski definition) is 0. The van der Waals surface area contributed by atoms with E-state index in [9.17, 15) is 0 Å². The summed E-state index contributed by atoms with van der Waals surface area (Å²) in [6.45, 7) is 4.31. The van der Waals surface area contributed by atoms with Crippen molar-refractivity contribution in [2.24, 2.45) is 0 Å². The molecule has 0 bridgehead atoms. The molecule has 0 aliphatic carbocycles. The molecule has 0 aromatic heterocycles. The van der Waals surface area contributed by atoms with Crippen molar-refractivity contribution >= 4 is 22.6 Å². The van der Waals surface area contributed by atoms with Crippen molar-refractivity contribution in [2.45, 2.75) is 33.1 Å². The minimum absolute atomic E-state index is 1.29. The first kappa shape index (κ1) is 9.47. The first-order valence-corrected chi connectivity index (χ1v) is 5.01. The maximum Gasteiger partial charge on any atom is -0.000462 e. The van der Waals surface area contributed by atoms with Crippen LogP contribution < -0.4 is 0 Å². The summed E-state index contributed by atoms with van der Waals surface area (Å²) < 4.78 is 1.30. The molecule has 54 valence electrons. The molecule has 0 saturated carbocycles. The Bertz CT molecular complexity index is 84.6. The minimum atomic E-state index is 1.29. The van der Waals surface area contributed by atoms with Crippen LogP contribution in [0, 0.1) is 0 Å². The molecule has 0 N–H and O–H groups in total. The molecule has 9 heavy (non-hydrogen) atoms. The van der Waals surface area contributed by atoms with Crippen LogP contribution in [0.25, 0.3) is 0 Å². The monoisotopic (exact) mass is 238 g/mol. The summed E-state index contributed by atoms with van der Waals surface area (Å²) in [6, 6.07) is 0. The molecule has 0 rings (SSSR count). The summed E-state index contributed by atoms with van der Waals surface area (Å²) in [5.74, 6) is 0. The fourth-order valence-corrected chi connectivity index (χ4v) is 1.18. The van der Waals surface area contributed by atoms with Gasteiger partial charge in [-0.3, -0.25) is 0 Å². The lowest BCUT2D eigenvalue weighted by Gasteiger charge is -1.96. The number of alkyl halides is 1. The van der Waals surface area contributed by atoms with Crippen LogP contribution in [0.2, 0.25) is 0 Å². The molecule has 0 nitrogen and oxygen atoms in total. The Morgan fingerprint density at radius 2 is 2.11 bits per heavy atom. The molecule has 0 aromatic rings. The molecule has 1 heteroatoms. The third-order valence-corrected chi connectivity index (χ3v) is 2.21. The van der Waals surface area contributed by atoms with Gasteiger partial charge in [0.05, 0.1) is 0 Å². The second kappa shape index (κ2) is 6.59. The summed E-state index contributed by atoms with van der Waals surface area (Å²) in [4.78, 5) is 0. The third-order valence-electron chi connectivity index (χ3n) is 1.45. The minimum Gasteiger partial charge on any atom is -0.0887 e. The van der Waals surface area contributed by atoms with E-state index in [2.05, 4.69) is 42.5 Å². The fourth-order valence-electron chi connectivity index (χ4n) is 0.643. The molecule has 0 fully saturated rings. The van der Waals surface area contributed by atoms with E-state index in [0.29, 0.717) is 0 Å². The van der Waals surface area contributed by atoms with Crippen LogP contribution in [0.3, 0.4) is 0 Å². The topological polar surface area (TPSA) is 0 Å². The lowest BCUT2D eigenvalue weighted by molar-refractivity contribution is 0.800. The van der Waals surface area contributed by atoms with Crippen LogP contribution in [-0.4, -0.2) is 4.43 Å². The molecule has 0 saturated heterocycles. The van der Waals surface area contributed by atoms with Crippen LogP contribution in [0.4, 0.5) is 0 Å². The smallest absolute Gasteiger partial charge is 0.000462 e. The average Bonchev–Trinajstić information content (AvgIpc) is 1.89. The van der Waals surface area contributed by atoms with Gasteiger partial charge >= 0.3 is 0 Å². The van der Waals surface area contributed by atoms with Crippen LogP contribution >= 0.6 is 22.6 Å². The van der Waals surface area contributed by atoms with Gasteiger partial charge in [-0.25, -0.2) is 0 Å². The van der Waals surface area contributed by atoms with Gasteiger partial charge in [-0.15, -0.1) is 0 Å². The molecule has 0 aliphatic heterocycles. The summed E-state index contributed by atoms with van der Waals surface area (Å²) in [7, 11) is 0. The normalized spacial score (nSPS) is 12.1. The van der Waals surface area contributed by atoms with E-state index in [1.165, 1.54) is 29.3 Å². The third kappa shape index (κ3) is 6.35. The fraction of sp³-hybridized carbons (Fsp3) is 0.750. The molecule has 0 spiro atoms. The van der Waals surface area contributed by atoms with E-state index >= 15 is 0 Å². The standard InChI is InChI=1S/C8H15I/c1-3-8(2)6-4-5-7-9/h3H,4-7H2,1-2H3/b8-3-. The highest BCUT2D eigenvalue weighted by Gasteiger charge is 1.87. The molecular formula is C8H15I. The SMILES string of the molecule is C/C=C(/C)CCCCI. The maximum absolute atomic E-state index is 2.43. The molecule has 0 atom stereocenters. The van der Waals surface area contributed by atoms with Crippen LogP contribution in [0.5, 0.6) is 0 Å². The van der Waals surface area contributed by atoms with Crippen molar-refractivity contribution in [3.8, 4) is 0 Å². The summed E-state index contributed by atoms with van der Waals surface area (Å²) in [6.07, 6.45) is 6.22. The Hall–Kier alpha value is 0.470. The van der Waals surface area contributed by atoms with Gasteiger partial charge < -0.3 is 0 Å². The van der Waals surface area contributed by atoms with Crippen molar-refractivity contribution in [3.63, 3.8) is 0 Å². The first-order chi connectivity index (χ1) is 4.31. The molecule has 0 radical (unpaired) electrons. The first-order valence-electron chi connectivity index (χ1n) is 3.49. The van der Waals surface area contributed by atoms with Crippen LogP contribution in [0.15, 0.2) is 11.6 Å². The van der Waals surface area contributed by atoms with Crippen molar-refractivity contribution in [1.82, 2.24) is 0 Å². The van der Waals surface area contributed by atoms with E-state index < -0.39 is 0 Å². The van der Waals surface area contributed by atoms with E-state index in [0.717, 1.165) is 0 Å². The van der Waals surface area contributed by atoms with E-state index in [-0.39, 0.29) is 0 Å². The van der Waals surface area contributed by atoms with Gasteiger partial charge in [0, 0.05) is 0 Å². The Labute approximate surface area is 71.9 Å². The average molecular weight is 238 g/mol. The second-order valence-electron chi connectivity index (χ2n) is 2.28.